The molecule has 0 atom stereocenters. The molecule has 1 saturated heterocycles. The summed E-state index contributed by atoms with van der Waals surface area (Å²) in [6.45, 7) is 10.8. The van der Waals surface area contributed by atoms with Gasteiger partial charge in [0.05, 0.1) is 5.69 Å². The van der Waals surface area contributed by atoms with Crippen molar-refractivity contribution in [1.29, 1.82) is 0 Å². The van der Waals surface area contributed by atoms with Gasteiger partial charge in [-0.2, -0.15) is 5.10 Å². The maximum atomic E-state index is 4.33. The number of aryl methyl sites for hydroxylation is 1. The normalized spacial score (nSPS) is 20.1. The quantitative estimate of drug-likeness (QED) is 0.841. The lowest BCUT2D eigenvalue weighted by atomic mass is 9.93. The van der Waals surface area contributed by atoms with Crippen molar-refractivity contribution < 1.29 is 0 Å². The van der Waals surface area contributed by atoms with E-state index in [4.69, 9.17) is 0 Å². The molecule has 94 valence electrons. The zero-order valence-corrected chi connectivity index (χ0v) is 11.0. The lowest BCUT2D eigenvalue weighted by Crippen LogP contribution is -2.35. The summed E-state index contributed by atoms with van der Waals surface area (Å²) < 4.78 is 0. The van der Waals surface area contributed by atoms with E-state index in [-0.39, 0.29) is 5.41 Å². The fraction of sp³-hybridized carbons (Fsp3) is 0.692. The van der Waals surface area contributed by atoms with Crippen molar-refractivity contribution in [2.75, 3.05) is 31.1 Å². The van der Waals surface area contributed by atoms with Crippen LogP contribution in [0.4, 0.5) is 5.82 Å². The summed E-state index contributed by atoms with van der Waals surface area (Å²) in [6, 6.07) is 4.17. The van der Waals surface area contributed by atoms with Crippen molar-refractivity contribution in [2.45, 2.75) is 27.2 Å². The molecule has 0 aromatic carbocycles. The first-order chi connectivity index (χ1) is 8.11. The van der Waals surface area contributed by atoms with Gasteiger partial charge in [-0.25, -0.2) is 0 Å². The average Bonchev–Trinajstić information content (AvgIpc) is 2.50. The molecule has 2 heterocycles. The molecule has 1 aromatic heterocycles. The first kappa shape index (κ1) is 12.3. The highest BCUT2D eigenvalue weighted by atomic mass is 15.3. The number of hydrogen-bond donors (Lipinski definition) is 1. The largest absolute Gasteiger partial charge is 0.353 e. The predicted molar refractivity (Wildman–Crippen MR) is 70.3 cm³/mol. The van der Waals surface area contributed by atoms with Gasteiger partial charge in [-0.05, 0) is 24.0 Å². The van der Waals surface area contributed by atoms with Crippen LogP contribution in [0.1, 0.15) is 26.5 Å². The van der Waals surface area contributed by atoms with Crippen LogP contribution >= 0.6 is 0 Å². The van der Waals surface area contributed by atoms with E-state index in [1.54, 1.807) is 0 Å². The topological polar surface area (TPSA) is 41.0 Å². The lowest BCUT2D eigenvalue weighted by Gasteiger charge is -2.29. The number of nitrogens with zero attached hydrogens (tertiary/aromatic N) is 3. The van der Waals surface area contributed by atoms with E-state index in [1.165, 1.54) is 0 Å². The second-order valence-electron chi connectivity index (χ2n) is 5.50. The third-order valence-electron chi connectivity index (χ3n) is 3.17. The summed E-state index contributed by atoms with van der Waals surface area (Å²) in [7, 11) is 0. The molecule has 2 rings (SSSR count). The van der Waals surface area contributed by atoms with Gasteiger partial charge in [0.1, 0.15) is 0 Å². The molecule has 1 fully saturated rings. The van der Waals surface area contributed by atoms with E-state index in [1.807, 2.05) is 0 Å². The first-order valence-electron chi connectivity index (χ1n) is 6.39. The second-order valence-corrected chi connectivity index (χ2v) is 5.50. The standard InChI is InChI=1S/C13H22N4/c1-4-11-5-6-12(16-15-11)17-8-7-14-9-13(2,3)10-17/h5-6,14H,4,7-10H2,1-3H3. The molecule has 0 aliphatic carbocycles. The van der Waals surface area contributed by atoms with Gasteiger partial charge in [-0.15, -0.1) is 5.10 Å². The third kappa shape index (κ3) is 3.16. The molecule has 1 aliphatic heterocycles. The molecule has 0 spiro atoms. The molecule has 0 saturated carbocycles. The average molecular weight is 234 g/mol. The van der Waals surface area contributed by atoms with Crippen LogP contribution in [0.5, 0.6) is 0 Å². The Morgan fingerprint density at radius 3 is 2.82 bits per heavy atom. The van der Waals surface area contributed by atoms with Gasteiger partial charge in [0.15, 0.2) is 5.82 Å². The summed E-state index contributed by atoms with van der Waals surface area (Å²) >= 11 is 0. The summed E-state index contributed by atoms with van der Waals surface area (Å²) in [5, 5.41) is 12.0. The molecule has 1 N–H and O–H groups in total. The molecule has 0 unspecified atom stereocenters. The zero-order valence-electron chi connectivity index (χ0n) is 11.0. The van der Waals surface area contributed by atoms with Crippen LogP contribution in [-0.2, 0) is 6.42 Å². The van der Waals surface area contributed by atoms with Crippen molar-refractivity contribution in [3.8, 4) is 0 Å². The Morgan fingerprint density at radius 2 is 2.18 bits per heavy atom. The summed E-state index contributed by atoms with van der Waals surface area (Å²) in [5.41, 5.74) is 1.34. The monoisotopic (exact) mass is 234 g/mol. The second kappa shape index (κ2) is 5.00. The molecule has 4 heteroatoms. The minimum Gasteiger partial charge on any atom is -0.353 e. The number of aromatic nitrogens is 2. The van der Waals surface area contributed by atoms with Crippen molar-refractivity contribution in [3.63, 3.8) is 0 Å². The Morgan fingerprint density at radius 1 is 1.35 bits per heavy atom. The van der Waals surface area contributed by atoms with Gasteiger partial charge in [0, 0.05) is 26.2 Å². The van der Waals surface area contributed by atoms with Crippen LogP contribution in [-0.4, -0.2) is 36.4 Å². The van der Waals surface area contributed by atoms with Gasteiger partial charge in [0.2, 0.25) is 0 Å². The minimum atomic E-state index is 0.279. The summed E-state index contributed by atoms with van der Waals surface area (Å²) in [4.78, 5) is 2.33. The maximum Gasteiger partial charge on any atom is 0.151 e. The van der Waals surface area contributed by atoms with Crippen LogP contribution in [0, 0.1) is 5.41 Å². The fourth-order valence-electron chi connectivity index (χ4n) is 2.20. The molecule has 17 heavy (non-hydrogen) atoms. The van der Waals surface area contributed by atoms with Crippen LogP contribution in [0.25, 0.3) is 0 Å². The molecule has 4 nitrogen and oxygen atoms in total. The third-order valence-corrected chi connectivity index (χ3v) is 3.17. The molecular formula is C13H22N4. The molecule has 1 aromatic rings. The first-order valence-corrected chi connectivity index (χ1v) is 6.39. The van der Waals surface area contributed by atoms with Gasteiger partial charge in [-0.1, -0.05) is 20.8 Å². The van der Waals surface area contributed by atoms with Crippen LogP contribution in [0.2, 0.25) is 0 Å². The predicted octanol–water partition coefficient (Wildman–Crippen LogP) is 1.47. The van der Waals surface area contributed by atoms with Crippen LogP contribution < -0.4 is 10.2 Å². The van der Waals surface area contributed by atoms with E-state index in [2.05, 4.69) is 53.3 Å². The number of rotatable bonds is 2. The van der Waals surface area contributed by atoms with Crippen molar-refractivity contribution >= 4 is 5.82 Å². The Hall–Kier alpha value is -1.16. The SMILES string of the molecule is CCc1ccc(N2CCNCC(C)(C)C2)nn1. The number of hydrogen-bond acceptors (Lipinski definition) is 4. The lowest BCUT2D eigenvalue weighted by molar-refractivity contribution is 0.370. The van der Waals surface area contributed by atoms with Gasteiger partial charge < -0.3 is 10.2 Å². The van der Waals surface area contributed by atoms with Crippen molar-refractivity contribution in [3.05, 3.63) is 17.8 Å². The Balaban J connectivity index is 2.14. The highest BCUT2D eigenvalue weighted by Gasteiger charge is 2.25. The highest BCUT2D eigenvalue weighted by molar-refractivity contribution is 5.38. The smallest absolute Gasteiger partial charge is 0.151 e. The number of nitrogens with one attached hydrogen (secondary N) is 1. The Labute approximate surface area is 103 Å². The fourth-order valence-corrected chi connectivity index (χ4v) is 2.20. The Bertz CT molecular complexity index is 358. The van der Waals surface area contributed by atoms with Gasteiger partial charge in [0.25, 0.3) is 0 Å². The molecule has 1 aliphatic rings. The summed E-state index contributed by atoms with van der Waals surface area (Å²) in [6.07, 6.45) is 0.945. The van der Waals surface area contributed by atoms with E-state index < -0.39 is 0 Å². The van der Waals surface area contributed by atoms with E-state index in [9.17, 15) is 0 Å². The summed E-state index contributed by atoms with van der Waals surface area (Å²) in [5.74, 6) is 0.999. The molecular weight excluding hydrogens is 212 g/mol. The van der Waals surface area contributed by atoms with Crippen LogP contribution in [0.3, 0.4) is 0 Å². The minimum absolute atomic E-state index is 0.279. The van der Waals surface area contributed by atoms with Crippen molar-refractivity contribution in [1.82, 2.24) is 15.5 Å². The van der Waals surface area contributed by atoms with Gasteiger partial charge in [-0.3, -0.25) is 0 Å². The van der Waals surface area contributed by atoms with E-state index in [0.29, 0.717) is 0 Å². The molecule has 0 amide bonds. The molecule has 0 radical (unpaired) electrons. The Kier molecular flexibility index (Phi) is 3.62. The van der Waals surface area contributed by atoms with Gasteiger partial charge >= 0.3 is 0 Å². The number of anilines is 1. The maximum absolute atomic E-state index is 4.33. The zero-order chi connectivity index (χ0) is 12.3. The van der Waals surface area contributed by atoms with Crippen LogP contribution in [0.15, 0.2) is 12.1 Å². The van der Waals surface area contributed by atoms with E-state index >= 15 is 0 Å². The molecule has 0 bridgehead atoms. The van der Waals surface area contributed by atoms with E-state index in [0.717, 1.165) is 44.1 Å². The van der Waals surface area contributed by atoms with Crippen molar-refractivity contribution in [2.24, 2.45) is 5.41 Å². The highest BCUT2D eigenvalue weighted by Crippen LogP contribution is 2.21.